The second kappa shape index (κ2) is 7.58. The monoisotopic (exact) mass is 320 g/mol. The zero-order valence-electron chi connectivity index (χ0n) is 12.9. The van der Waals surface area contributed by atoms with Gasteiger partial charge < -0.3 is 15.4 Å². The van der Waals surface area contributed by atoms with Crippen LogP contribution in [0, 0.1) is 13.8 Å². The maximum absolute atomic E-state index is 12.1. The van der Waals surface area contributed by atoms with Gasteiger partial charge in [0, 0.05) is 12.2 Å². The number of aryl methyl sites for hydroxylation is 2. The van der Waals surface area contributed by atoms with Crippen molar-refractivity contribution in [3.05, 3.63) is 59.2 Å². The third-order valence-corrected chi connectivity index (χ3v) is 3.24. The van der Waals surface area contributed by atoms with Gasteiger partial charge in [0.15, 0.2) is 0 Å². The van der Waals surface area contributed by atoms with Crippen molar-refractivity contribution in [2.75, 3.05) is 5.32 Å². The molecule has 0 unspecified atom stereocenters. The van der Waals surface area contributed by atoms with Crippen LogP contribution in [0.25, 0.3) is 0 Å². The molecule has 0 atom stereocenters. The van der Waals surface area contributed by atoms with Crippen molar-refractivity contribution in [2.45, 2.75) is 27.0 Å². The second-order valence-corrected chi connectivity index (χ2v) is 5.15. The smallest absolute Gasteiger partial charge is 0.387 e. The van der Waals surface area contributed by atoms with Gasteiger partial charge in [0.1, 0.15) is 5.75 Å². The number of alkyl halides is 2. The van der Waals surface area contributed by atoms with E-state index in [-0.39, 0.29) is 18.3 Å². The van der Waals surface area contributed by atoms with Gasteiger partial charge in [-0.15, -0.1) is 0 Å². The molecule has 6 heteroatoms. The van der Waals surface area contributed by atoms with Crippen molar-refractivity contribution in [2.24, 2.45) is 0 Å². The van der Waals surface area contributed by atoms with Crippen LogP contribution in [0.1, 0.15) is 16.7 Å². The van der Waals surface area contributed by atoms with E-state index < -0.39 is 6.61 Å². The van der Waals surface area contributed by atoms with Gasteiger partial charge in [-0.3, -0.25) is 0 Å². The van der Waals surface area contributed by atoms with E-state index in [1.807, 2.05) is 32.0 Å². The predicted octanol–water partition coefficient (Wildman–Crippen LogP) is 4.23. The highest BCUT2D eigenvalue weighted by atomic mass is 19.3. The summed E-state index contributed by atoms with van der Waals surface area (Å²) in [5.74, 6) is 0.0867. The fourth-order valence-electron chi connectivity index (χ4n) is 2.01. The molecular formula is C17H18F2N2O2. The number of halogens is 2. The van der Waals surface area contributed by atoms with Gasteiger partial charge >= 0.3 is 12.6 Å². The number of anilines is 1. The number of benzene rings is 2. The van der Waals surface area contributed by atoms with Crippen LogP contribution in [-0.2, 0) is 6.54 Å². The lowest BCUT2D eigenvalue weighted by Crippen LogP contribution is -2.28. The Morgan fingerprint density at radius 2 is 1.83 bits per heavy atom. The fraction of sp³-hybridized carbons (Fsp3) is 0.235. The third kappa shape index (κ3) is 5.25. The molecule has 2 amide bonds. The molecule has 0 heterocycles. The van der Waals surface area contributed by atoms with Crippen molar-refractivity contribution >= 4 is 11.7 Å². The number of carbonyl (C=O) groups excluding carboxylic acids is 1. The average Bonchev–Trinajstić information content (AvgIpc) is 2.50. The van der Waals surface area contributed by atoms with Gasteiger partial charge in [-0.2, -0.15) is 8.78 Å². The van der Waals surface area contributed by atoms with Crippen LogP contribution in [0.3, 0.4) is 0 Å². The van der Waals surface area contributed by atoms with Crippen molar-refractivity contribution in [1.82, 2.24) is 5.32 Å². The summed E-state index contributed by atoms with van der Waals surface area (Å²) in [6, 6.07) is 11.6. The number of carbonyl (C=O) groups is 1. The van der Waals surface area contributed by atoms with Crippen LogP contribution in [-0.4, -0.2) is 12.6 Å². The number of ether oxygens (including phenoxy) is 1. The van der Waals surface area contributed by atoms with E-state index in [1.165, 1.54) is 12.1 Å². The quantitative estimate of drug-likeness (QED) is 0.866. The largest absolute Gasteiger partial charge is 0.435 e. The minimum Gasteiger partial charge on any atom is -0.435 e. The Hall–Kier alpha value is -2.63. The van der Waals surface area contributed by atoms with Crippen LogP contribution < -0.4 is 15.4 Å². The lowest BCUT2D eigenvalue weighted by molar-refractivity contribution is -0.0498. The molecule has 0 aliphatic rings. The Morgan fingerprint density at radius 3 is 2.48 bits per heavy atom. The molecule has 2 rings (SSSR count). The van der Waals surface area contributed by atoms with Crippen LogP contribution >= 0.6 is 0 Å². The molecule has 0 aliphatic heterocycles. The molecular weight excluding hydrogens is 302 g/mol. The van der Waals surface area contributed by atoms with Crippen molar-refractivity contribution < 1.29 is 18.3 Å². The Morgan fingerprint density at radius 1 is 1.13 bits per heavy atom. The lowest BCUT2D eigenvalue weighted by atomic mass is 10.1. The molecule has 0 fully saturated rings. The summed E-state index contributed by atoms with van der Waals surface area (Å²) in [4.78, 5) is 11.9. The molecule has 23 heavy (non-hydrogen) atoms. The van der Waals surface area contributed by atoms with E-state index in [9.17, 15) is 13.6 Å². The molecule has 4 nitrogen and oxygen atoms in total. The van der Waals surface area contributed by atoms with Gasteiger partial charge in [0.25, 0.3) is 0 Å². The minimum atomic E-state index is -2.85. The second-order valence-electron chi connectivity index (χ2n) is 5.15. The van der Waals surface area contributed by atoms with Gasteiger partial charge in [-0.25, -0.2) is 4.79 Å². The van der Waals surface area contributed by atoms with Crippen LogP contribution in [0.15, 0.2) is 42.5 Å². The van der Waals surface area contributed by atoms with E-state index in [1.54, 1.807) is 12.1 Å². The van der Waals surface area contributed by atoms with Gasteiger partial charge in [0.05, 0.1) is 0 Å². The highest BCUT2D eigenvalue weighted by Gasteiger charge is 2.06. The fourth-order valence-corrected chi connectivity index (χ4v) is 2.01. The van der Waals surface area contributed by atoms with E-state index in [0.717, 1.165) is 22.4 Å². The van der Waals surface area contributed by atoms with Crippen LogP contribution in [0.5, 0.6) is 5.75 Å². The highest BCUT2D eigenvalue weighted by molar-refractivity contribution is 5.90. The van der Waals surface area contributed by atoms with E-state index in [0.29, 0.717) is 0 Å². The molecule has 0 radical (unpaired) electrons. The van der Waals surface area contributed by atoms with Gasteiger partial charge in [-0.05, 0) is 48.7 Å². The lowest BCUT2D eigenvalue weighted by Gasteiger charge is -2.11. The molecule has 0 saturated carbocycles. The molecule has 0 bridgehead atoms. The zero-order chi connectivity index (χ0) is 16.8. The molecule has 0 aliphatic carbocycles. The summed E-state index contributed by atoms with van der Waals surface area (Å²) < 4.78 is 28.4. The highest BCUT2D eigenvalue weighted by Crippen LogP contribution is 2.17. The van der Waals surface area contributed by atoms with Gasteiger partial charge in [0.2, 0.25) is 0 Å². The topological polar surface area (TPSA) is 50.4 Å². The number of hydrogen-bond acceptors (Lipinski definition) is 2. The molecule has 122 valence electrons. The molecule has 0 spiro atoms. The first-order valence-corrected chi connectivity index (χ1v) is 7.10. The molecule has 2 N–H and O–H groups in total. The summed E-state index contributed by atoms with van der Waals surface area (Å²) in [7, 11) is 0. The van der Waals surface area contributed by atoms with Crippen LogP contribution in [0.2, 0.25) is 0 Å². The summed E-state index contributed by atoms with van der Waals surface area (Å²) >= 11 is 0. The summed E-state index contributed by atoms with van der Waals surface area (Å²) in [5.41, 5.74) is 3.56. The Balaban J connectivity index is 1.88. The van der Waals surface area contributed by atoms with Crippen molar-refractivity contribution in [1.29, 1.82) is 0 Å². The van der Waals surface area contributed by atoms with Crippen LogP contribution in [0.4, 0.5) is 19.3 Å². The van der Waals surface area contributed by atoms with Crippen molar-refractivity contribution in [3.63, 3.8) is 0 Å². The Kier molecular flexibility index (Phi) is 5.51. The molecule has 0 aromatic heterocycles. The average molecular weight is 320 g/mol. The predicted molar refractivity (Wildman–Crippen MR) is 84.8 cm³/mol. The molecule has 2 aromatic rings. The molecule has 0 saturated heterocycles. The number of amides is 2. The van der Waals surface area contributed by atoms with E-state index >= 15 is 0 Å². The molecule has 2 aromatic carbocycles. The maximum atomic E-state index is 12.1. The summed E-state index contributed by atoms with van der Waals surface area (Å²) in [5, 5.41) is 5.50. The summed E-state index contributed by atoms with van der Waals surface area (Å²) in [6.45, 7) is 1.30. The van der Waals surface area contributed by atoms with Crippen molar-refractivity contribution in [3.8, 4) is 5.75 Å². The van der Waals surface area contributed by atoms with E-state index in [2.05, 4.69) is 15.4 Å². The number of rotatable bonds is 5. The number of urea groups is 1. The minimum absolute atomic E-state index is 0.0867. The third-order valence-electron chi connectivity index (χ3n) is 3.24. The zero-order valence-corrected chi connectivity index (χ0v) is 12.9. The number of nitrogens with one attached hydrogen (secondary N) is 2. The Labute approximate surface area is 133 Å². The first-order valence-electron chi connectivity index (χ1n) is 7.10. The van der Waals surface area contributed by atoms with E-state index in [4.69, 9.17) is 0 Å². The SMILES string of the molecule is Cc1ccc(C)c(NC(=O)NCc2ccc(OC(F)F)cc2)c1. The Bertz CT molecular complexity index is 673. The number of hydrogen-bond donors (Lipinski definition) is 2. The maximum Gasteiger partial charge on any atom is 0.387 e. The summed E-state index contributed by atoms with van der Waals surface area (Å²) in [6.07, 6.45) is 0. The normalized spacial score (nSPS) is 10.5. The first kappa shape index (κ1) is 16.7. The first-order chi connectivity index (χ1) is 10.9. The van der Waals surface area contributed by atoms with Gasteiger partial charge in [-0.1, -0.05) is 24.3 Å². The standard InChI is InChI=1S/C17H18F2N2O2/c1-11-3-4-12(2)15(9-11)21-17(22)20-10-13-5-7-14(8-6-13)23-16(18)19/h3-9,16H,10H2,1-2H3,(H2,20,21,22).